The van der Waals surface area contributed by atoms with Crippen LogP contribution in [-0.2, 0) is 9.59 Å². The van der Waals surface area contributed by atoms with Crippen LogP contribution >= 0.6 is 0 Å². The average molecular weight is 340 g/mol. The van der Waals surface area contributed by atoms with Crippen molar-refractivity contribution in [2.24, 2.45) is 35.5 Å². The van der Waals surface area contributed by atoms with Crippen molar-refractivity contribution in [2.75, 3.05) is 12.0 Å². The first-order valence-corrected chi connectivity index (χ1v) is 8.41. The number of rotatable bonds is 3. The maximum Gasteiger partial charge on any atom is 0.297 e. The fourth-order valence-corrected chi connectivity index (χ4v) is 5.16. The number of anilines is 1. The molecule has 1 saturated heterocycles. The van der Waals surface area contributed by atoms with Gasteiger partial charge < -0.3 is 4.74 Å². The molecule has 7 heteroatoms. The summed E-state index contributed by atoms with van der Waals surface area (Å²) < 4.78 is 5.03. The molecule has 3 fully saturated rings. The van der Waals surface area contributed by atoms with Gasteiger partial charge in [0.1, 0.15) is 11.4 Å². The molecule has 7 nitrogen and oxygen atoms in total. The van der Waals surface area contributed by atoms with Crippen molar-refractivity contribution in [3.05, 3.63) is 40.5 Å². The van der Waals surface area contributed by atoms with Crippen molar-refractivity contribution in [3.8, 4) is 5.75 Å². The Bertz CT molecular complexity index is 827. The van der Waals surface area contributed by atoms with E-state index in [1.165, 1.54) is 25.3 Å². The number of hydrogen-bond donors (Lipinski definition) is 0. The Kier molecular flexibility index (Phi) is 2.74. The van der Waals surface area contributed by atoms with E-state index in [0.717, 1.165) is 11.3 Å². The highest BCUT2D eigenvalue weighted by molar-refractivity contribution is 6.23. The lowest BCUT2D eigenvalue weighted by Gasteiger charge is -2.37. The largest absolute Gasteiger partial charge is 0.496 e. The van der Waals surface area contributed by atoms with Crippen molar-refractivity contribution in [1.82, 2.24) is 0 Å². The summed E-state index contributed by atoms with van der Waals surface area (Å²) in [6.07, 6.45) is 5.24. The first kappa shape index (κ1) is 14.6. The molecule has 0 N–H and O–H groups in total. The van der Waals surface area contributed by atoms with E-state index < -0.39 is 4.92 Å². The van der Waals surface area contributed by atoms with Crippen molar-refractivity contribution in [3.63, 3.8) is 0 Å². The Morgan fingerprint density at radius 3 is 2.24 bits per heavy atom. The van der Waals surface area contributed by atoms with Crippen molar-refractivity contribution in [1.29, 1.82) is 0 Å². The van der Waals surface area contributed by atoms with Gasteiger partial charge in [-0.15, -0.1) is 0 Å². The van der Waals surface area contributed by atoms with Crippen LogP contribution in [0.1, 0.15) is 6.42 Å². The molecule has 1 aliphatic heterocycles. The fraction of sp³-hybridized carbons (Fsp3) is 0.444. The second-order valence-corrected chi connectivity index (χ2v) is 7.28. The first-order valence-electron chi connectivity index (χ1n) is 8.41. The maximum absolute atomic E-state index is 13.1. The number of nitro benzene ring substituents is 1. The minimum Gasteiger partial charge on any atom is -0.496 e. The molecule has 2 bridgehead atoms. The highest BCUT2D eigenvalue weighted by atomic mass is 16.6. The van der Waals surface area contributed by atoms with Crippen LogP contribution in [0.2, 0.25) is 0 Å². The van der Waals surface area contributed by atoms with Gasteiger partial charge in [0.2, 0.25) is 11.8 Å². The van der Waals surface area contributed by atoms with E-state index >= 15 is 0 Å². The molecule has 25 heavy (non-hydrogen) atoms. The van der Waals surface area contributed by atoms with Gasteiger partial charge in [0, 0.05) is 0 Å². The minimum absolute atomic E-state index is 0.0447. The van der Waals surface area contributed by atoms with Crippen LogP contribution in [0.3, 0.4) is 0 Å². The third kappa shape index (κ3) is 1.75. The normalized spacial score (nSPS) is 37.1. The predicted octanol–water partition coefficient (Wildman–Crippen LogP) is 2.16. The van der Waals surface area contributed by atoms with E-state index in [9.17, 15) is 19.7 Å². The summed E-state index contributed by atoms with van der Waals surface area (Å²) in [5, 5.41) is 11.5. The van der Waals surface area contributed by atoms with E-state index in [4.69, 9.17) is 4.74 Å². The quantitative estimate of drug-likeness (QED) is 0.364. The van der Waals surface area contributed by atoms with Crippen LogP contribution in [0.25, 0.3) is 0 Å². The molecule has 1 aromatic carbocycles. The topological polar surface area (TPSA) is 89.8 Å². The van der Waals surface area contributed by atoms with Crippen LogP contribution in [-0.4, -0.2) is 23.8 Å². The third-order valence-corrected chi connectivity index (χ3v) is 6.28. The second-order valence-electron chi connectivity index (χ2n) is 7.28. The van der Waals surface area contributed by atoms with Gasteiger partial charge in [0.05, 0.1) is 29.9 Å². The van der Waals surface area contributed by atoms with Crippen molar-refractivity contribution in [2.45, 2.75) is 6.42 Å². The highest BCUT2D eigenvalue weighted by Gasteiger charge is 2.67. The van der Waals surface area contributed by atoms with Crippen molar-refractivity contribution >= 4 is 23.2 Å². The lowest BCUT2D eigenvalue weighted by molar-refractivity contribution is -0.384. The molecule has 0 aromatic heterocycles. The van der Waals surface area contributed by atoms with Crippen LogP contribution in [0.4, 0.5) is 11.4 Å². The molecular formula is C18H16N2O5. The van der Waals surface area contributed by atoms with Gasteiger partial charge in [-0.3, -0.25) is 19.7 Å². The first-order chi connectivity index (χ1) is 12.0. The highest BCUT2D eigenvalue weighted by Crippen LogP contribution is 2.65. The minimum atomic E-state index is -0.579. The summed E-state index contributed by atoms with van der Waals surface area (Å²) in [5.41, 5.74) is -0.242. The summed E-state index contributed by atoms with van der Waals surface area (Å²) in [7, 11) is 1.41. The molecule has 128 valence electrons. The summed E-state index contributed by atoms with van der Waals surface area (Å²) in [4.78, 5) is 38.0. The van der Waals surface area contributed by atoms with Gasteiger partial charge in [0.15, 0.2) is 0 Å². The molecule has 1 heterocycles. The number of benzene rings is 1. The smallest absolute Gasteiger partial charge is 0.297 e. The fourth-order valence-electron chi connectivity index (χ4n) is 5.16. The van der Waals surface area contributed by atoms with Gasteiger partial charge in [0.25, 0.3) is 5.69 Å². The second kappa shape index (κ2) is 4.68. The Morgan fingerprint density at radius 1 is 1.12 bits per heavy atom. The molecule has 6 atom stereocenters. The number of allylic oxidation sites excluding steroid dienone is 2. The third-order valence-electron chi connectivity index (χ3n) is 6.28. The van der Waals surface area contributed by atoms with Crippen LogP contribution in [0, 0.1) is 45.6 Å². The Morgan fingerprint density at radius 2 is 1.72 bits per heavy atom. The lowest BCUT2D eigenvalue weighted by atomic mass is 9.63. The zero-order chi connectivity index (χ0) is 17.5. The Labute approximate surface area is 143 Å². The molecule has 5 aliphatic rings. The molecule has 6 rings (SSSR count). The van der Waals surface area contributed by atoms with Crippen LogP contribution in [0.5, 0.6) is 5.75 Å². The van der Waals surface area contributed by atoms with E-state index in [0.29, 0.717) is 17.6 Å². The van der Waals surface area contributed by atoms with Gasteiger partial charge in [-0.2, -0.15) is 0 Å². The number of nitro groups is 1. The lowest BCUT2D eigenvalue weighted by Crippen LogP contribution is -2.40. The average Bonchev–Trinajstić information content (AvgIpc) is 3.39. The summed E-state index contributed by atoms with van der Waals surface area (Å²) in [6, 6.07) is 4.22. The molecule has 4 aliphatic carbocycles. The van der Waals surface area contributed by atoms with E-state index in [1.54, 1.807) is 0 Å². The maximum atomic E-state index is 13.1. The van der Waals surface area contributed by atoms with Gasteiger partial charge in [-0.05, 0) is 42.2 Å². The van der Waals surface area contributed by atoms with E-state index in [1.807, 2.05) is 0 Å². The number of carbonyl (C=O) groups excluding carboxylic acids is 2. The van der Waals surface area contributed by atoms with Crippen molar-refractivity contribution < 1.29 is 19.2 Å². The standard InChI is InChI=1S/C18H16N2O5/c1-25-8-2-5-13(14(6-8)20(23)24)19-17(21)15-9-3-4-10(12-7-11(9)12)16(15)18(19)22/h2-6,9-12,15-16H,7H2,1H3/t9-,10-,11-,12-,15+,16+/m1/s1. The Balaban J connectivity index is 1.60. The molecule has 0 unspecified atom stereocenters. The molecule has 0 spiro atoms. The number of carbonyl (C=O) groups is 2. The van der Waals surface area contributed by atoms with Gasteiger partial charge in [-0.1, -0.05) is 12.2 Å². The van der Waals surface area contributed by atoms with Crippen LogP contribution < -0.4 is 9.64 Å². The van der Waals surface area contributed by atoms with Gasteiger partial charge >= 0.3 is 0 Å². The van der Waals surface area contributed by atoms with Crippen LogP contribution in [0.15, 0.2) is 30.4 Å². The van der Waals surface area contributed by atoms with Gasteiger partial charge in [-0.25, -0.2) is 4.90 Å². The van der Waals surface area contributed by atoms with E-state index in [-0.39, 0.29) is 46.9 Å². The number of methoxy groups -OCH3 is 1. The monoisotopic (exact) mass is 340 g/mol. The molecule has 0 radical (unpaired) electrons. The summed E-state index contributed by atoms with van der Waals surface area (Å²) in [6.45, 7) is 0. The predicted molar refractivity (Wildman–Crippen MR) is 86.8 cm³/mol. The SMILES string of the molecule is COc1ccc(N2C(=O)[C@H]3[C@@H]4C=C[C@H]([C@H]5C[C@H]45)[C@@H]3C2=O)c([N+](=O)[O-])c1. The summed E-state index contributed by atoms with van der Waals surface area (Å²) in [5.74, 6) is 0.173. The number of nitrogens with zero attached hydrogens (tertiary/aromatic N) is 2. The number of amides is 2. The number of hydrogen-bond acceptors (Lipinski definition) is 5. The number of ether oxygens (including phenoxy) is 1. The number of imide groups is 1. The molecule has 2 saturated carbocycles. The molecular weight excluding hydrogens is 324 g/mol. The Hall–Kier alpha value is -2.70. The zero-order valence-electron chi connectivity index (χ0n) is 13.5. The van der Waals surface area contributed by atoms with E-state index in [2.05, 4.69) is 12.2 Å². The molecule has 2 amide bonds. The zero-order valence-corrected chi connectivity index (χ0v) is 13.5. The summed E-state index contributed by atoms with van der Waals surface area (Å²) >= 11 is 0. The molecule has 1 aromatic rings.